The lowest BCUT2D eigenvalue weighted by molar-refractivity contribution is -0.113. The highest BCUT2D eigenvalue weighted by molar-refractivity contribution is 8.00. The standard InChI is InChI=1S/C13H13FO2S/c14-11-4-1-5-12(7-11)17-9-13(15)10-3-2-6-16-8-10/h1,4-5,7-8H,2-3,6,9H2. The van der Waals surface area contributed by atoms with Gasteiger partial charge in [-0.2, -0.15) is 0 Å². The van der Waals surface area contributed by atoms with Crippen molar-refractivity contribution in [1.29, 1.82) is 0 Å². The predicted molar refractivity (Wildman–Crippen MR) is 65.4 cm³/mol. The van der Waals surface area contributed by atoms with Gasteiger partial charge in [-0.15, -0.1) is 11.8 Å². The Hall–Kier alpha value is -1.29. The molecular formula is C13H13FO2S. The number of halogens is 1. The van der Waals surface area contributed by atoms with E-state index in [9.17, 15) is 9.18 Å². The lowest BCUT2D eigenvalue weighted by Gasteiger charge is -2.12. The highest BCUT2D eigenvalue weighted by Gasteiger charge is 2.13. The molecule has 1 heterocycles. The van der Waals surface area contributed by atoms with Gasteiger partial charge >= 0.3 is 0 Å². The molecule has 1 aromatic carbocycles. The third kappa shape index (κ3) is 3.60. The quantitative estimate of drug-likeness (QED) is 0.770. The van der Waals surface area contributed by atoms with E-state index in [-0.39, 0.29) is 11.6 Å². The van der Waals surface area contributed by atoms with Crippen molar-refractivity contribution in [1.82, 2.24) is 0 Å². The Morgan fingerprint density at radius 3 is 3.06 bits per heavy atom. The number of ether oxygens (including phenoxy) is 1. The number of allylic oxidation sites excluding steroid dienone is 1. The molecule has 17 heavy (non-hydrogen) atoms. The van der Waals surface area contributed by atoms with Crippen molar-refractivity contribution in [2.75, 3.05) is 12.4 Å². The van der Waals surface area contributed by atoms with Crippen LogP contribution in [-0.4, -0.2) is 18.1 Å². The molecule has 0 aromatic heterocycles. The molecule has 2 rings (SSSR count). The first-order valence-corrected chi connectivity index (χ1v) is 6.46. The summed E-state index contributed by atoms with van der Waals surface area (Å²) in [6.07, 6.45) is 3.22. The van der Waals surface area contributed by atoms with Gasteiger partial charge in [0.05, 0.1) is 18.6 Å². The molecule has 1 aliphatic rings. The van der Waals surface area contributed by atoms with Gasteiger partial charge in [-0.3, -0.25) is 4.79 Å². The second-order valence-corrected chi connectivity index (χ2v) is 4.84. The Bertz CT molecular complexity index is 443. The van der Waals surface area contributed by atoms with Gasteiger partial charge in [0.2, 0.25) is 0 Å². The van der Waals surface area contributed by atoms with Crippen LogP contribution < -0.4 is 0 Å². The van der Waals surface area contributed by atoms with Crippen LogP contribution in [0.2, 0.25) is 0 Å². The molecular weight excluding hydrogens is 239 g/mol. The zero-order chi connectivity index (χ0) is 12.1. The summed E-state index contributed by atoms with van der Waals surface area (Å²) in [5.41, 5.74) is 0.736. The van der Waals surface area contributed by atoms with Crippen molar-refractivity contribution >= 4 is 17.5 Å². The van der Waals surface area contributed by atoms with Gasteiger partial charge in [0, 0.05) is 10.5 Å². The summed E-state index contributed by atoms with van der Waals surface area (Å²) in [5.74, 6) is 0.125. The Kier molecular flexibility index (Phi) is 4.20. The minimum absolute atomic E-state index is 0.0685. The maximum atomic E-state index is 12.9. The largest absolute Gasteiger partial charge is 0.501 e. The van der Waals surface area contributed by atoms with E-state index in [2.05, 4.69) is 0 Å². The van der Waals surface area contributed by atoms with Gasteiger partial charge in [0.15, 0.2) is 5.78 Å². The van der Waals surface area contributed by atoms with Gasteiger partial charge < -0.3 is 4.74 Å². The van der Waals surface area contributed by atoms with Gasteiger partial charge in [0.25, 0.3) is 0 Å². The topological polar surface area (TPSA) is 26.3 Å². The van der Waals surface area contributed by atoms with E-state index in [1.54, 1.807) is 18.4 Å². The normalized spacial score (nSPS) is 15.0. The summed E-state index contributed by atoms with van der Waals surface area (Å²) >= 11 is 1.35. The minimum Gasteiger partial charge on any atom is -0.501 e. The maximum absolute atomic E-state index is 12.9. The molecule has 0 aliphatic carbocycles. The number of hydrogen-bond acceptors (Lipinski definition) is 3. The fraction of sp³-hybridized carbons (Fsp3) is 0.308. The molecule has 0 bridgehead atoms. The third-order valence-corrected chi connectivity index (χ3v) is 3.45. The van der Waals surface area contributed by atoms with Crippen molar-refractivity contribution in [3.63, 3.8) is 0 Å². The average molecular weight is 252 g/mol. The molecule has 4 heteroatoms. The second kappa shape index (κ2) is 5.87. The van der Waals surface area contributed by atoms with E-state index in [0.29, 0.717) is 12.4 Å². The summed E-state index contributed by atoms with van der Waals surface area (Å²) in [6, 6.07) is 6.27. The number of benzene rings is 1. The van der Waals surface area contributed by atoms with E-state index in [4.69, 9.17) is 4.74 Å². The monoisotopic (exact) mass is 252 g/mol. The summed E-state index contributed by atoms with van der Waals surface area (Å²) in [4.78, 5) is 12.6. The third-order valence-electron chi connectivity index (χ3n) is 2.46. The molecule has 0 saturated carbocycles. The Morgan fingerprint density at radius 2 is 2.35 bits per heavy atom. The first-order chi connectivity index (χ1) is 8.25. The molecule has 0 saturated heterocycles. The van der Waals surface area contributed by atoms with Crippen LogP contribution in [0.1, 0.15) is 12.8 Å². The van der Waals surface area contributed by atoms with Crippen molar-refractivity contribution in [2.45, 2.75) is 17.7 Å². The van der Waals surface area contributed by atoms with Crippen molar-refractivity contribution in [3.8, 4) is 0 Å². The molecule has 1 aromatic rings. The smallest absolute Gasteiger partial charge is 0.172 e. The number of thioether (sulfide) groups is 1. The average Bonchev–Trinajstić information content (AvgIpc) is 2.37. The van der Waals surface area contributed by atoms with Gasteiger partial charge in [-0.1, -0.05) is 6.07 Å². The van der Waals surface area contributed by atoms with Crippen LogP contribution in [0, 0.1) is 5.82 Å². The van der Waals surface area contributed by atoms with Crippen LogP contribution in [0.15, 0.2) is 41.0 Å². The van der Waals surface area contributed by atoms with Crippen LogP contribution in [0.25, 0.3) is 0 Å². The van der Waals surface area contributed by atoms with E-state index >= 15 is 0 Å². The summed E-state index contributed by atoms with van der Waals surface area (Å²) in [6.45, 7) is 0.688. The maximum Gasteiger partial charge on any atom is 0.172 e. The molecule has 0 N–H and O–H groups in total. The number of ketones is 1. The van der Waals surface area contributed by atoms with Crippen LogP contribution in [0.3, 0.4) is 0 Å². The van der Waals surface area contributed by atoms with Crippen LogP contribution in [-0.2, 0) is 9.53 Å². The summed E-state index contributed by atoms with van der Waals surface area (Å²) in [7, 11) is 0. The van der Waals surface area contributed by atoms with Crippen LogP contribution in [0.4, 0.5) is 4.39 Å². The Morgan fingerprint density at radius 1 is 1.47 bits per heavy atom. The minimum atomic E-state index is -0.275. The molecule has 0 radical (unpaired) electrons. The van der Waals surface area contributed by atoms with Gasteiger partial charge in [0.1, 0.15) is 5.82 Å². The number of carbonyl (C=O) groups is 1. The molecule has 0 amide bonds. The molecule has 0 atom stereocenters. The SMILES string of the molecule is O=C(CSc1cccc(F)c1)C1=COCCC1. The fourth-order valence-corrected chi connectivity index (χ4v) is 2.42. The summed E-state index contributed by atoms with van der Waals surface area (Å²) in [5, 5.41) is 0. The van der Waals surface area contributed by atoms with Gasteiger partial charge in [-0.25, -0.2) is 4.39 Å². The molecule has 0 unspecified atom stereocenters. The molecule has 90 valence electrons. The van der Waals surface area contributed by atoms with E-state index in [1.807, 2.05) is 0 Å². The molecule has 2 nitrogen and oxygen atoms in total. The van der Waals surface area contributed by atoms with Crippen LogP contribution in [0.5, 0.6) is 0 Å². The highest BCUT2D eigenvalue weighted by atomic mass is 32.2. The molecule has 0 spiro atoms. The van der Waals surface area contributed by atoms with E-state index in [0.717, 1.165) is 23.3 Å². The number of rotatable bonds is 4. The number of carbonyl (C=O) groups excluding carboxylic acids is 1. The number of hydrogen-bond donors (Lipinski definition) is 0. The first kappa shape index (κ1) is 12.2. The van der Waals surface area contributed by atoms with E-state index in [1.165, 1.54) is 23.9 Å². The second-order valence-electron chi connectivity index (χ2n) is 3.79. The van der Waals surface area contributed by atoms with E-state index < -0.39 is 0 Å². The fourth-order valence-electron chi connectivity index (χ4n) is 1.57. The zero-order valence-electron chi connectivity index (χ0n) is 9.32. The van der Waals surface area contributed by atoms with Crippen molar-refractivity contribution in [2.24, 2.45) is 0 Å². The van der Waals surface area contributed by atoms with Crippen molar-refractivity contribution in [3.05, 3.63) is 41.9 Å². The first-order valence-electron chi connectivity index (χ1n) is 5.48. The number of Topliss-reactive ketones (excluding diaryl/α,β-unsaturated/α-hetero) is 1. The Labute approximate surface area is 104 Å². The highest BCUT2D eigenvalue weighted by Crippen LogP contribution is 2.21. The molecule has 1 aliphatic heterocycles. The molecule has 0 fully saturated rings. The van der Waals surface area contributed by atoms with Gasteiger partial charge in [-0.05, 0) is 31.0 Å². The Balaban J connectivity index is 1.89. The van der Waals surface area contributed by atoms with Crippen molar-refractivity contribution < 1.29 is 13.9 Å². The predicted octanol–water partition coefficient (Wildman–Crippen LogP) is 3.18. The lowest BCUT2D eigenvalue weighted by Crippen LogP contribution is -2.10. The zero-order valence-corrected chi connectivity index (χ0v) is 10.1. The van der Waals surface area contributed by atoms with Crippen LogP contribution >= 0.6 is 11.8 Å². The summed E-state index contributed by atoms with van der Waals surface area (Å²) < 4.78 is 18.0. The lowest BCUT2D eigenvalue weighted by atomic mass is 10.1.